The van der Waals surface area contributed by atoms with Crippen LogP contribution < -0.4 is 15.4 Å². The van der Waals surface area contributed by atoms with E-state index in [1.807, 2.05) is 38.1 Å². The molecule has 4 rings (SSSR count). The standard InChI is InChI=1S/C25H31N3O5S/c1-4-21-25(30)27-20-12-17(3)23(13-22(20)33-21)34(31,32)28-10-6-9-19(15-28)24(29)26-14-18-8-5-7-16(2)11-18/h5,7-8,11-13,19,21H,4,6,9-10,14-15H2,1-3H3,(H,26,29)(H,27,30)/t19-,21-/m0/s1. The highest BCUT2D eigenvalue weighted by molar-refractivity contribution is 7.89. The zero-order chi connectivity index (χ0) is 24.5. The van der Waals surface area contributed by atoms with Crippen LogP contribution in [0, 0.1) is 19.8 Å². The number of carbonyl (C=O) groups excluding carboxylic acids is 2. The number of hydrogen-bond donors (Lipinski definition) is 2. The van der Waals surface area contributed by atoms with E-state index in [9.17, 15) is 18.0 Å². The van der Waals surface area contributed by atoms with E-state index in [0.717, 1.165) is 11.1 Å². The molecule has 1 saturated heterocycles. The van der Waals surface area contributed by atoms with Crippen LogP contribution in [0.1, 0.15) is 42.9 Å². The SMILES string of the molecule is CC[C@@H]1Oc2cc(S(=O)(=O)N3CCC[C@H](C(=O)NCc4cccc(C)c4)C3)c(C)cc2NC1=O. The van der Waals surface area contributed by atoms with E-state index < -0.39 is 22.0 Å². The summed E-state index contributed by atoms with van der Waals surface area (Å²) in [6, 6.07) is 11.0. The second-order valence-corrected chi connectivity index (χ2v) is 10.9. The fourth-order valence-electron chi connectivity index (χ4n) is 4.50. The third kappa shape index (κ3) is 4.95. The van der Waals surface area contributed by atoms with Gasteiger partial charge in [-0.05, 0) is 50.3 Å². The number of amides is 2. The number of hydrogen-bond acceptors (Lipinski definition) is 5. The van der Waals surface area contributed by atoms with E-state index in [1.165, 1.54) is 10.4 Å². The fourth-order valence-corrected chi connectivity index (χ4v) is 6.25. The summed E-state index contributed by atoms with van der Waals surface area (Å²) in [6.07, 6.45) is 1.08. The molecule has 0 spiro atoms. The molecular formula is C25H31N3O5S. The van der Waals surface area contributed by atoms with Crippen LogP contribution in [-0.4, -0.2) is 43.7 Å². The van der Waals surface area contributed by atoms with Gasteiger partial charge >= 0.3 is 0 Å². The highest BCUT2D eigenvalue weighted by Gasteiger charge is 2.35. The molecule has 0 aliphatic carbocycles. The fraction of sp³-hybridized carbons (Fsp3) is 0.440. The van der Waals surface area contributed by atoms with Crippen LogP contribution in [0.5, 0.6) is 5.75 Å². The largest absolute Gasteiger partial charge is 0.478 e. The van der Waals surface area contributed by atoms with Crippen LogP contribution in [0.4, 0.5) is 5.69 Å². The van der Waals surface area contributed by atoms with Crippen LogP contribution in [0.25, 0.3) is 0 Å². The molecule has 2 amide bonds. The number of aryl methyl sites for hydroxylation is 2. The lowest BCUT2D eigenvalue weighted by Gasteiger charge is -2.32. The highest BCUT2D eigenvalue weighted by atomic mass is 32.2. The van der Waals surface area contributed by atoms with E-state index in [4.69, 9.17) is 4.74 Å². The predicted octanol–water partition coefficient (Wildman–Crippen LogP) is 3.13. The second-order valence-electron chi connectivity index (χ2n) is 9.03. The summed E-state index contributed by atoms with van der Waals surface area (Å²) >= 11 is 0. The number of sulfonamides is 1. The molecule has 2 aliphatic rings. The second kappa shape index (κ2) is 9.76. The van der Waals surface area contributed by atoms with Crippen LogP contribution >= 0.6 is 0 Å². The lowest BCUT2D eigenvalue weighted by atomic mass is 9.98. The molecular weight excluding hydrogens is 454 g/mol. The number of piperidine rings is 1. The van der Waals surface area contributed by atoms with Gasteiger partial charge in [0, 0.05) is 25.7 Å². The van der Waals surface area contributed by atoms with Crippen LogP contribution in [0.3, 0.4) is 0 Å². The third-order valence-corrected chi connectivity index (χ3v) is 8.40. The molecule has 1 fully saturated rings. The summed E-state index contributed by atoms with van der Waals surface area (Å²) < 4.78 is 34.2. The average Bonchev–Trinajstić information content (AvgIpc) is 2.82. The number of rotatable bonds is 6. The van der Waals surface area contributed by atoms with Gasteiger partial charge in [0.25, 0.3) is 5.91 Å². The molecule has 2 aliphatic heterocycles. The van der Waals surface area contributed by atoms with Gasteiger partial charge in [0.1, 0.15) is 5.75 Å². The van der Waals surface area contributed by atoms with Crippen molar-refractivity contribution < 1.29 is 22.7 Å². The summed E-state index contributed by atoms with van der Waals surface area (Å²) in [4.78, 5) is 25.1. The first-order valence-electron chi connectivity index (χ1n) is 11.6. The van der Waals surface area contributed by atoms with Gasteiger partial charge in [-0.3, -0.25) is 9.59 Å². The number of carbonyl (C=O) groups is 2. The minimum atomic E-state index is -3.84. The Bertz CT molecular complexity index is 1210. The van der Waals surface area contributed by atoms with Gasteiger partial charge in [-0.25, -0.2) is 8.42 Å². The Morgan fingerprint density at radius 2 is 2.03 bits per heavy atom. The van der Waals surface area contributed by atoms with Crippen molar-refractivity contribution in [2.24, 2.45) is 5.92 Å². The van der Waals surface area contributed by atoms with Crippen molar-refractivity contribution in [1.82, 2.24) is 9.62 Å². The molecule has 2 N–H and O–H groups in total. The summed E-state index contributed by atoms with van der Waals surface area (Å²) in [7, 11) is -3.84. The Morgan fingerprint density at radius 1 is 1.24 bits per heavy atom. The van der Waals surface area contributed by atoms with Gasteiger partial charge in [-0.2, -0.15) is 4.31 Å². The van der Waals surface area contributed by atoms with E-state index in [0.29, 0.717) is 49.4 Å². The lowest BCUT2D eigenvalue weighted by molar-refractivity contribution is -0.126. The number of nitrogens with one attached hydrogen (secondary N) is 2. The maximum absolute atomic E-state index is 13.5. The number of fused-ring (bicyclic) bond motifs is 1. The topological polar surface area (TPSA) is 105 Å². The summed E-state index contributed by atoms with van der Waals surface area (Å²) in [6.45, 7) is 6.43. The molecule has 0 unspecified atom stereocenters. The van der Waals surface area contributed by atoms with Crippen molar-refractivity contribution in [2.75, 3.05) is 18.4 Å². The molecule has 9 heteroatoms. The first-order valence-corrected chi connectivity index (χ1v) is 13.1. The number of ether oxygens (including phenoxy) is 1. The van der Waals surface area contributed by atoms with E-state index in [2.05, 4.69) is 10.6 Å². The van der Waals surface area contributed by atoms with Crippen molar-refractivity contribution in [3.63, 3.8) is 0 Å². The lowest BCUT2D eigenvalue weighted by Crippen LogP contribution is -2.45. The molecule has 0 radical (unpaired) electrons. The first kappa shape index (κ1) is 24.2. The van der Waals surface area contributed by atoms with Crippen molar-refractivity contribution in [2.45, 2.75) is 57.6 Å². The van der Waals surface area contributed by atoms with Crippen molar-refractivity contribution >= 4 is 27.5 Å². The number of anilines is 1. The summed E-state index contributed by atoms with van der Waals surface area (Å²) in [5.74, 6) is -0.438. The number of nitrogens with zero attached hydrogens (tertiary/aromatic N) is 1. The smallest absolute Gasteiger partial charge is 0.265 e. The molecule has 0 saturated carbocycles. The Labute approximate surface area is 200 Å². The van der Waals surface area contributed by atoms with E-state index in [1.54, 1.807) is 13.0 Å². The molecule has 2 heterocycles. The minimum Gasteiger partial charge on any atom is -0.478 e. The summed E-state index contributed by atoms with van der Waals surface area (Å²) in [5.41, 5.74) is 3.12. The molecule has 182 valence electrons. The molecule has 0 bridgehead atoms. The van der Waals surface area contributed by atoms with Gasteiger partial charge in [-0.15, -0.1) is 0 Å². The molecule has 0 aromatic heterocycles. The molecule has 2 atom stereocenters. The molecule has 2 aromatic rings. The zero-order valence-electron chi connectivity index (χ0n) is 19.8. The summed E-state index contributed by atoms with van der Waals surface area (Å²) in [5, 5.41) is 5.74. The monoisotopic (exact) mass is 485 g/mol. The maximum atomic E-state index is 13.5. The van der Waals surface area contributed by atoms with Gasteiger partial charge in [-0.1, -0.05) is 36.8 Å². The molecule has 34 heavy (non-hydrogen) atoms. The van der Waals surface area contributed by atoms with Gasteiger partial charge in [0.15, 0.2) is 6.10 Å². The van der Waals surface area contributed by atoms with Crippen molar-refractivity contribution in [3.8, 4) is 5.75 Å². The molecule has 8 nitrogen and oxygen atoms in total. The van der Waals surface area contributed by atoms with Crippen LogP contribution in [0.15, 0.2) is 41.3 Å². The van der Waals surface area contributed by atoms with Gasteiger partial charge in [0.05, 0.1) is 16.5 Å². The maximum Gasteiger partial charge on any atom is 0.265 e. The highest BCUT2D eigenvalue weighted by Crippen LogP contribution is 2.36. The van der Waals surface area contributed by atoms with Crippen molar-refractivity contribution in [3.05, 3.63) is 53.1 Å². The Hall–Kier alpha value is -2.91. The van der Waals surface area contributed by atoms with E-state index >= 15 is 0 Å². The predicted molar refractivity (Wildman–Crippen MR) is 129 cm³/mol. The quantitative estimate of drug-likeness (QED) is 0.654. The Morgan fingerprint density at radius 3 is 2.76 bits per heavy atom. The number of benzene rings is 2. The molecule has 2 aromatic carbocycles. The van der Waals surface area contributed by atoms with Crippen LogP contribution in [-0.2, 0) is 26.2 Å². The van der Waals surface area contributed by atoms with Gasteiger partial charge < -0.3 is 15.4 Å². The average molecular weight is 486 g/mol. The Balaban J connectivity index is 1.49. The Kier molecular flexibility index (Phi) is 6.95. The first-order chi connectivity index (χ1) is 16.2. The zero-order valence-corrected chi connectivity index (χ0v) is 20.6. The minimum absolute atomic E-state index is 0.133. The van der Waals surface area contributed by atoms with Gasteiger partial charge in [0.2, 0.25) is 15.9 Å². The van der Waals surface area contributed by atoms with Crippen molar-refractivity contribution in [1.29, 1.82) is 0 Å². The third-order valence-electron chi connectivity index (χ3n) is 6.39. The van der Waals surface area contributed by atoms with Crippen LogP contribution in [0.2, 0.25) is 0 Å². The normalized spacial score (nSPS) is 20.7. The van der Waals surface area contributed by atoms with E-state index in [-0.39, 0.29) is 23.3 Å².